The van der Waals surface area contributed by atoms with Gasteiger partial charge >= 0.3 is 5.97 Å². The first-order valence-electron chi connectivity index (χ1n) is 14.4. The zero-order valence-electron chi connectivity index (χ0n) is 22.3. The summed E-state index contributed by atoms with van der Waals surface area (Å²) in [6, 6.07) is 6.06. The molecule has 2 saturated carbocycles. The van der Waals surface area contributed by atoms with Gasteiger partial charge in [0.25, 0.3) is 0 Å². The predicted octanol–water partition coefficient (Wildman–Crippen LogP) is 7.26. The van der Waals surface area contributed by atoms with E-state index in [2.05, 4.69) is 23.9 Å². The van der Waals surface area contributed by atoms with Crippen LogP contribution in [0.5, 0.6) is 0 Å². The number of fused-ring (bicyclic) bond motifs is 3. The summed E-state index contributed by atoms with van der Waals surface area (Å²) in [5.41, 5.74) is 4.07. The van der Waals surface area contributed by atoms with Crippen LogP contribution in [0.4, 0.5) is 5.13 Å². The molecule has 2 bridgehead atoms. The second-order valence-corrected chi connectivity index (χ2v) is 13.8. The number of rotatable bonds is 7. The molecule has 7 rings (SSSR count). The summed E-state index contributed by atoms with van der Waals surface area (Å²) in [6.45, 7) is 5.38. The number of carbonyl (C=O) groups is 1. The number of carboxylic acids is 1. The summed E-state index contributed by atoms with van der Waals surface area (Å²) in [6.07, 6.45) is 11.8. The number of carboxylic acid groups (broad SMARTS) is 1. The first kappa shape index (κ1) is 24.6. The van der Waals surface area contributed by atoms with Crippen LogP contribution in [0.1, 0.15) is 117 Å². The van der Waals surface area contributed by atoms with Crippen molar-refractivity contribution in [2.24, 2.45) is 5.41 Å². The quantitative estimate of drug-likeness (QED) is 0.340. The minimum Gasteiger partial charge on any atom is -0.478 e. The van der Waals surface area contributed by atoms with Crippen molar-refractivity contribution in [2.75, 3.05) is 4.90 Å². The predicted molar refractivity (Wildman–Crippen MR) is 147 cm³/mol. The maximum absolute atomic E-state index is 11.4. The lowest BCUT2D eigenvalue weighted by Gasteiger charge is -2.38. The molecule has 8 heteroatoms. The molecule has 4 heterocycles. The monoisotopic (exact) mass is 535 g/mol. The summed E-state index contributed by atoms with van der Waals surface area (Å²) in [4.78, 5) is 18.8. The molecule has 1 aromatic carbocycles. The molecule has 3 atom stereocenters. The molecular weight excluding hydrogens is 498 g/mol. The number of aromatic carboxylic acids is 1. The van der Waals surface area contributed by atoms with E-state index in [0.717, 1.165) is 46.8 Å². The molecule has 4 fully saturated rings. The maximum Gasteiger partial charge on any atom is 0.335 e. The Balaban J connectivity index is 1.05. The minimum atomic E-state index is -0.895. The van der Waals surface area contributed by atoms with Gasteiger partial charge in [0.05, 0.1) is 34.2 Å². The third kappa shape index (κ3) is 4.53. The number of piperidine rings is 1. The molecule has 2 aliphatic heterocycles. The average Bonchev–Trinajstić information content (AvgIpc) is 3.41. The lowest BCUT2D eigenvalue weighted by atomic mass is 9.72. The van der Waals surface area contributed by atoms with E-state index < -0.39 is 5.97 Å². The van der Waals surface area contributed by atoms with Gasteiger partial charge in [0.15, 0.2) is 5.13 Å². The second-order valence-electron chi connectivity index (χ2n) is 12.8. The summed E-state index contributed by atoms with van der Waals surface area (Å²) in [5.74, 6) is 1.23. The number of hydrogen-bond acceptors (Lipinski definition) is 7. The highest BCUT2D eigenvalue weighted by molar-refractivity contribution is 7.22. The second kappa shape index (κ2) is 9.33. The number of hydrogen-bond donors (Lipinski definition) is 1. The zero-order chi connectivity index (χ0) is 26.0. The van der Waals surface area contributed by atoms with Crippen molar-refractivity contribution >= 4 is 32.7 Å². The van der Waals surface area contributed by atoms with E-state index in [1.807, 2.05) is 6.07 Å². The van der Waals surface area contributed by atoms with Gasteiger partial charge in [-0.15, -0.1) is 0 Å². The Labute approximate surface area is 227 Å². The summed E-state index contributed by atoms with van der Waals surface area (Å²) < 4.78 is 13.6. The fourth-order valence-corrected chi connectivity index (χ4v) is 8.22. The van der Waals surface area contributed by atoms with Crippen molar-refractivity contribution in [1.29, 1.82) is 0 Å². The van der Waals surface area contributed by atoms with E-state index in [9.17, 15) is 9.90 Å². The molecule has 7 nitrogen and oxygen atoms in total. The van der Waals surface area contributed by atoms with Gasteiger partial charge in [-0.2, -0.15) is 0 Å². The molecule has 2 aromatic heterocycles. The first-order valence-corrected chi connectivity index (χ1v) is 15.2. The largest absolute Gasteiger partial charge is 0.478 e. The molecular formula is C30H37N3O4S. The van der Waals surface area contributed by atoms with Crippen LogP contribution in [0, 0.1) is 5.41 Å². The number of thiazole rings is 1. The van der Waals surface area contributed by atoms with Crippen LogP contribution >= 0.6 is 11.3 Å². The number of nitrogens with zero attached hydrogens (tertiary/aromatic N) is 3. The first-order chi connectivity index (χ1) is 18.3. The number of benzene rings is 1. The minimum absolute atomic E-state index is 0.233. The van der Waals surface area contributed by atoms with E-state index >= 15 is 0 Å². The SMILES string of the molecule is CC1(C)CCC(c2noc(C3CC3)c2CO[C@@H]2C[C@H]3CC[C@@H](C2)N3c2nc3ccc(C(=O)O)cc3s2)CC1. The molecule has 4 aliphatic rings. The normalized spacial score (nSPS) is 27.3. The van der Waals surface area contributed by atoms with E-state index in [-0.39, 0.29) is 6.10 Å². The van der Waals surface area contributed by atoms with Crippen molar-refractivity contribution in [1.82, 2.24) is 10.1 Å². The zero-order valence-corrected chi connectivity index (χ0v) is 23.1. The fourth-order valence-electron chi connectivity index (χ4n) is 7.07. The standard InChI is InChI=1S/C30H37N3O4S/c1-30(2)11-9-17(10-12-30)26-23(27(37-32-26)18-3-4-18)16-36-22-14-20-6-7-21(15-22)33(20)29-31-24-8-5-19(28(34)35)13-25(24)38-29/h5,8,13,17-18,20-22H,3-4,6-7,9-12,14-16H2,1-2H3,(H,34,35)/t20-,21+,22-. The van der Waals surface area contributed by atoms with Crippen molar-refractivity contribution in [3.63, 3.8) is 0 Å². The van der Waals surface area contributed by atoms with E-state index in [1.165, 1.54) is 49.8 Å². The van der Waals surface area contributed by atoms with Crippen LogP contribution < -0.4 is 4.90 Å². The fraction of sp³-hybridized carbons (Fsp3) is 0.633. The van der Waals surface area contributed by atoms with Gasteiger partial charge in [0, 0.05) is 29.5 Å². The maximum atomic E-state index is 11.4. The Morgan fingerprint density at radius 3 is 2.53 bits per heavy atom. The molecule has 3 aromatic rings. The van der Waals surface area contributed by atoms with Gasteiger partial charge in [-0.1, -0.05) is 30.3 Å². The Morgan fingerprint density at radius 2 is 1.84 bits per heavy atom. The van der Waals surface area contributed by atoms with Gasteiger partial charge in [-0.05, 0) is 87.8 Å². The summed E-state index contributed by atoms with van der Waals surface area (Å²) in [7, 11) is 0. The van der Waals surface area contributed by atoms with Gasteiger partial charge in [0.2, 0.25) is 0 Å². The number of aromatic nitrogens is 2. The van der Waals surface area contributed by atoms with E-state index in [1.54, 1.807) is 23.5 Å². The molecule has 0 radical (unpaired) electrons. The molecule has 0 spiro atoms. The third-order valence-electron chi connectivity index (χ3n) is 9.52. The smallest absolute Gasteiger partial charge is 0.335 e. The molecule has 0 unspecified atom stereocenters. The van der Waals surface area contributed by atoms with Crippen molar-refractivity contribution < 1.29 is 19.2 Å². The average molecular weight is 536 g/mol. The third-order valence-corrected chi connectivity index (χ3v) is 10.6. The van der Waals surface area contributed by atoms with Crippen molar-refractivity contribution in [3.05, 3.63) is 40.8 Å². The van der Waals surface area contributed by atoms with Crippen LogP contribution in [0.2, 0.25) is 0 Å². The van der Waals surface area contributed by atoms with Gasteiger partial charge < -0.3 is 19.3 Å². The van der Waals surface area contributed by atoms with Crippen LogP contribution in [0.15, 0.2) is 22.7 Å². The van der Waals surface area contributed by atoms with E-state index in [4.69, 9.17) is 14.2 Å². The highest BCUT2D eigenvalue weighted by Crippen LogP contribution is 2.48. The lowest BCUT2D eigenvalue weighted by Crippen LogP contribution is -2.45. The van der Waals surface area contributed by atoms with Gasteiger partial charge in [-0.3, -0.25) is 0 Å². The highest BCUT2D eigenvalue weighted by Gasteiger charge is 2.43. The summed E-state index contributed by atoms with van der Waals surface area (Å²) in [5, 5.41) is 15.0. The molecule has 202 valence electrons. The van der Waals surface area contributed by atoms with Crippen molar-refractivity contribution in [2.45, 2.75) is 115 Å². The van der Waals surface area contributed by atoms with Crippen LogP contribution in [0.3, 0.4) is 0 Å². The Bertz CT molecular complexity index is 1330. The summed E-state index contributed by atoms with van der Waals surface area (Å²) >= 11 is 1.62. The van der Waals surface area contributed by atoms with E-state index in [0.29, 0.717) is 41.5 Å². The van der Waals surface area contributed by atoms with Gasteiger partial charge in [0.1, 0.15) is 5.76 Å². The highest BCUT2D eigenvalue weighted by atomic mass is 32.1. The van der Waals surface area contributed by atoms with Crippen LogP contribution in [0.25, 0.3) is 10.2 Å². The topological polar surface area (TPSA) is 88.7 Å². The van der Waals surface area contributed by atoms with Crippen LogP contribution in [-0.4, -0.2) is 39.4 Å². The molecule has 1 N–H and O–H groups in total. The van der Waals surface area contributed by atoms with Gasteiger partial charge in [-0.25, -0.2) is 9.78 Å². The number of anilines is 1. The Hall–Kier alpha value is -2.45. The number of ether oxygens (including phenoxy) is 1. The Morgan fingerprint density at radius 1 is 1.11 bits per heavy atom. The van der Waals surface area contributed by atoms with Crippen molar-refractivity contribution in [3.8, 4) is 0 Å². The lowest BCUT2D eigenvalue weighted by molar-refractivity contribution is 0.0140. The molecule has 38 heavy (non-hydrogen) atoms. The Kier molecular flexibility index (Phi) is 6.04. The molecule has 2 aliphatic carbocycles. The molecule has 0 amide bonds. The molecule has 2 saturated heterocycles. The van der Waals surface area contributed by atoms with Crippen LogP contribution in [-0.2, 0) is 11.3 Å².